The molecule has 1 atom stereocenters. The number of piperidine rings is 1. The van der Waals surface area contributed by atoms with Crippen LogP contribution in [0.15, 0.2) is 0 Å². The van der Waals surface area contributed by atoms with Crippen LogP contribution in [0.5, 0.6) is 0 Å². The zero-order chi connectivity index (χ0) is 8.39. The lowest BCUT2D eigenvalue weighted by Crippen LogP contribution is -2.46. The van der Waals surface area contributed by atoms with Crippen molar-refractivity contribution in [2.75, 3.05) is 13.1 Å². The Morgan fingerprint density at radius 2 is 2.17 bits per heavy atom. The van der Waals surface area contributed by atoms with Crippen LogP contribution < -0.4 is 10.6 Å². The highest BCUT2D eigenvalue weighted by Gasteiger charge is 2.30. The van der Waals surface area contributed by atoms with Gasteiger partial charge in [0.05, 0.1) is 0 Å². The molecule has 0 aromatic heterocycles. The van der Waals surface area contributed by atoms with E-state index in [1.54, 1.807) is 0 Å². The SMILES string of the molecule is O=C(NC1CCCNC1)C1CC1. The van der Waals surface area contributed by atoms with Crippen molar-refractivity contribution in [3.05, 3.63) is 0 Å². The second kappa shape index (κ2) is 3.44. The molecule has 12 heavy (non-hydrogen) atoms. The summed E-state index contributed by atoms with van der Waals surface area (Å²) in [7, 11) is 0. The minimum Gasteiger partial charge on any atom is -0.352 e. The second-order valence-electron chi connectivity index (χ2n) is 3.83. The molecule has 1 amide bonds. The van der Waals surface area contributed by atoms with Crippen LogP contribution in [0.4, 0.5) is 0 Å². The van der Waals surface area contributed by atoms with Crippen molar-refractivity contribution in [2.45, 2.75) is 31.7 Å². The van der Waals surface area contributed by atoms with E-state index in [4.69, 9.17) is 0 Å². The molecule has 0 bridgehead atoms. The van der Waals surface area contributed by atoms with Gasteiger partial charge in [0.1, 0.15) is 0 Å². The standard InChI is InChI=1S/C9H16N2O/c12-9(7-3-4-7)11-8-2-1-5-10-6-8/h7-8,10H,1-6H2,(H,11,12). The summed E-state index contributed by atoms with van der Waals surface area (Å²) in [4.78, 5) is 11.3. The lowest BCUT2D eigenvalue weighted by Gasteiger charge is -2.23. The predicted molar refractivity (Wildman–Crippen MR) is 46.8 cm³/mol. The summed E-state index contributed by atoms with van der Waals surface area (Å²) in [6.45, 7) is 2.06. The molecule has 1 aliphatic carbocycles. The molecule has 2 aliphatic rings. The van der Waals surface area contributed by atoms with Crippen molar-refractivity contribution < 1.29 is 4.79 Å². The fourth-order valence-electron chi connectivity index (χ4n) is 1.64. The highest BCUT2D eigenvalue weighted by molar-refractivity contribution is 5.81. The number of nitrogens with one attached hydrogen (secondary N) is 2. The summed E-state index contributed by atoms with van der Waals surface area (Å²) in [5.74, 6) is 0.635. The third-order valence-corrected chi connectivity index (χ3v) is 2.59. The zero-order valence-electron chi connectivity index (χ0n) is 7.31. The Hall–Kier alpha value is -0.570. The maximum absolute atomic E-state index is 11.3. The molecule has 0 aromatic rings. The van der Waals surface area contributed by atoms with Gasteiger partial charge in [-0.25, -0.2) is 0 Å². The first-order chi connectivity index (χ1) is 5.86. The highest BCUT2D eigenvalue weighted by Crippen LogP contribution is 2.29. The van der Waals surface area contributed by atoms with Gasteiger partial charge in [-0.05, 0) is 32.2 Å². The number of hydrogen-bond donors (Lipinski definition) is 2. The monoisotopic (exact) mass is 168 g/mol. The van der Waals surface area contributed by atoms with Gasteiger partial charge in [-0.1, -0.05) is 0 Å². The summed E-state index contributed by atoms with van der Waals surface area (Å²) >= 11 is 0. The first kappa shape index (κ1) is 8.05. The molecule has 68 valence electrons. The molecule has 1 unspecified atom stereocenters. The smallest absolute Gasteiger partial charge is 0.223 e. The number of carbonyl (C=O) groups is 1. The first-order valence-corrected chi connectivity index (χ1v) is 4.87. The minimum atomic E-state index is 0.281. The van der Waals surface area contributed by atoms with Crippen LogP contribution in [0.1, 0.15) is 25.7 Å². The Balaban J connectivity index is 1.73. The van der Waals surface area contributed by atoms with Crippen LogP contribution in [0.3, 0.4) is 0 Å². The van der Waals surface area contributed by atoms with Crippen molar-refractivity contribution >= 4 is 5.91 Å². The Labute approximate surface area is 72.9 Å². The zero-order valence-corrected chi connectivity index (χ0v) is 7.31. The average Bonchev–Trinajstić information content (AvgIpc) is 2.88. The van der Waals surface area contributed by atoms with Gasteiger partial charge in [0, 0.05) is 18.5 Å². The topological polar surface area (TPSA) is 41.1 Å². The Morgan fingerprint density at radius 3 is 2.75 bits per heavy atom. The van der Waals surface area contributed by atoms with E-state index < -0.39 is 0 Å². The fourth-order valence-corrected chi connectivity index (χ4v) is 1.64. The van der Waals surface area contributed by atoms with Gasteiger partial charge in [-0.15, -0.1) is 0 Å². The molecule has 3 nitrogen and oxygen atoms in total. The van der Waals surface area contributed by atoms with E-state index in [0.29, 0.717) is 12.0 Å². The first-order valence-electron chi connectivity index (χ1n) is 4.87. The van der Waals surface area contributed by atoms with Crippen molar-refractivity contribution in [1.82, 2.24) is 10.6 Å². The van der Waals surface area contributed by atoms with Crippen LogP contribution in [-0.2, 0) is 4.79 Å². The largest absolute Gasteiger partial charge is 0.352 e. The van der Waals surface area contributed by atoms with Crippen LogP contribution in [-0.4, -0.2) is 25.0 Å². The predicted octanol–water partition coefficient (Wildman–Crippen LogP) is 0.265. The average molecular weight is 168 g/mol. The van der Waals surface area contributed by atoms with Crippen molar-refractivity contribution in [1.29, 1.82) is 0 Å². The molecule has 2 N–H and O–H groups in total. The maximum Gasteiger partial charge on any atom is 0.223 e. The minimum absolute atomic E-state index is 0.281. The molecular formula is C9H16N2O. The number of hydrogen-bond acceptors (Lipinski definition) is 2. The van der Waals surface area contributed by atoms with Gasteiger partial charge in [0.25, 0.3) is 0 Å². The Kier molecular flexibility index (Phi) is 2.30. The summed E-state index contributed by atoms with van der Waals surface area (Å²) in [5.41, 5.74) is 0. The summed E-state index contributed by atoms with van der Waals surface area (Å²) in [6, 6.07) is 0.395. The molecule has 2 rings (SSSR count). The van der Waals surface area contributed by atoms with Gasteiger partial charge >= 0.3 is 0 Å². The molecular weight excluding hydrogens is 152 g/mol. The lowest BCUT2D eigenvalue weighted by atomic mass is 10.1. The van der Waals surface area contributed by atoms with Gasteiger partial charge in [-0.2, -0.15) is 0 Å². The van der Waals surface area contributed by atoms with Gasteiger partial charge < -0.3 is 10.6 Å². The van der Waals surface area contributed by atoms with Crippen LogP contribution >= 0.6 is 0 Å². The molecule has 3 heteroatoms. The summed E-state index contributed by atoms with van der Waals surface area (Å²) in [5, 5.41) is 6.36. The van der Waals surface area contributed by atoms with Crippen molar-refractivity contribution in [2.24, 2.45) is 5.92 Å². The van der Waals surface area contributed by atoms with Gasteiger partial charge in [-0.3, -0.25) is 4.79 Å². The van der Waals surface area contributed by atoms with Crippen LogP contribution in [0.25, 0.3) is 0 Å². The second-order valence-corrected chi connectivity index (χ2v) is 3.83. The molecule has 1 heterocycles. The molecule has 1 aliphatic heterocycles. The van der Waals surface area contributed by atoms with Crippen LogP contribution in [0, 0.1) is 5.92 Å². The number of carbonyl (C=O) groups excluding carboxylic acids is 1. The molecule has 2 fully saturated rings. The Bertz CT molecular complexity index is 171. The lowest BCUT2D eigenvalue weighted by molar-refractivity contribution is -0.123. The Morgan fingerprint density at radius 1 is 1.33 bits per heavy atom. The van der Waals surface area contributed by atoms with E-state index in [0.717, 1.165) is 32.4 Å². The van der Waals surface area contributed by atoms with E-state index in [1.807, 2.05) is 0 Å². The van der Waals surface area contributed by atoms with Gasteiger partial charge in [0.2, 0.25) is 5.91 Å². The highest BCUT2D eigenvalue weighted by atomic mass is 16.2. The van der Waals surface area contributed by atoms with E-state index >= 15 is 0 Å². The van der Waals surface area contributed by atoms with Gasteiger partial charge in [0.15, 0.2) is 0 Å². The van der Waals surface area contributed by atoms with E-state index in [-0.39, 0.29) is 5.91 Å². The number of rotatable bonds is 2. The summed E-state index contributed by atoms with van der Waals surface area (Å²) < 4.78 is 0. The molecule has 0 spiro atoms. The third kappa shape index (κ3) is 1.97. The molecule has 0 aromatic carbocycles. The molecule has 0 radical (unpaired) electrons. The van der Waals surface area contributed by atoms with Crippen LogP contribution in [0.2, 0.25) is 0 Å². The quantitative estimate of drug-likeness (QED) is 0.621. The number of amides is 1. The van der Waals surface area contributed by atoms with E-state index in [2.05, 4.69) is 10.6 Å². The molecule has 1 saturated carbocycles. The van der Waals surface area contributed by atoms with Crippen molar-refractivity contribution in [3.63, 3.8) is 0 Å². The van der Waals surface area contributed by atoms with Crippen molar-refractivity contribution in [3.8, 4) is 0 Å². The third-order valence-electron chi connectivity index (χ3n) is 2.59. The van der Waals surface area contributed by atoms with E-state index in [1.165, 1.54) is 6.42 Å². The molecule has 1 saturated heterocycles. The maximum atomic E-state index is 11.3. The fraction of sp³-hybridized carbons (Fsp3) is 0.889. The van der Waals surface area contributed by atoms with E-state index in [9.17, 15) is 4.79 Å². The summed E-state index contributed by atoms with van der Waals surface area (Å²) in [6.07, 6.45) is 4.54. The normalized spacial score (nSPS) is 29.8.